The zero-order valence-electron chi connectivity index (χ0n) is 16.4. The van der Waals surface area contributed by atoms with Crippen molar-refractivity contribution < 1.29 is 4.74 Å². The Labute approximate surface area is 182 Å². The third kappa shape index (κ3) is 5.12. The molecular weight excluding hydrogens is 420 g/mol. The van der Waals surface area contributed by atoms with Crippen molar-refractivity contribution in [3.05, 3.63) is 59.9 Å². The fourth-order valence-electron chi connectivity index (χ4n) is 2.82. The minimum Gasteiger partial charge on any atom is -0.493 e. The van der Waals surface area contributed by atoms with Gasteiger partial charge in [0.05, 0.1) is 22.6 Å². The van der Waals surface area contributed by atoms with Crippen molar-refractivity contribution in [1.82, 2.24) is 19.7 Å². The lowest BCUT2D eigenvalue weighted by atomic mass is 10.2. The molecule has 4 rings (SSSR count). The zero-order valence-corrected chi connectivity index (χ0v) is 18.8. The third-order valence-electron chi connectivity index (χ3n) is 4.31. The summed E-state index contributed by atoms with van der Waals surface area (Å²) in [6, 6.07) is 16.4. The van der Waals surface area contributed by atoms with Crippen LogP contribution in [-0.4, -0.2) is 32.1 Å². The Morgan fingerprint density at radius 3 is 2.66 bits per heavy atom. The standard InChI is InChI=1S/C21H22N4OS3/c1-3-25-19(14-28-21-22-17-6-4-5-7-18(17)29-21)23-24-20(25)27-13-12-26-16-10-8-15(2)9-11-16/h4-11H,3,12-14H2,1-2H3. The highest BCUT2D eigenvalue weighted by molar-refractivity contribution is 8.00. The number of para-hydroxylation sites is 1. The maximum absolute atomic E-state index is 5.81. The molecule has 0 spiro atoms. The molecule has 0 aliphatic heterocycles. The van der Waals surface area contributed by atoms with E-state index in [9.17, 15) is 0 Å². The number of ether oxygens (including phenoxy) is 1. The molecule has 0 aliphatic rings. The van der Waals surface area contributed by atoms with Crippen LogP contribution in [0.2, 0.25) is 0 Å². The summed E-state index contributed by atoms with van der Waals surface area (Å²) in [4.78, 5) is 4.69. The van der Waals surface area contributed by atoms with Crippen LogP contribution in [0.5, 0.6) is 5.75 Å². The average molecular weight is 443 g/mol. The van der Waals surface area contributed by atoms with Gasteiger partial charge in [0.15, 0.2) is 9.50 Å². The van der Waals surface area contributed by atoms with E-state index in [1.54, 1.807) is 34.9 Å². The summed E-state index contributed by atoms with van der Waals surface area (Å²) in [5.74, 6) is 3.48. The van der Waals surface area contributed by atoms with Gasteiger partial charge in [-0.3, -0.25) is 0 Å². The molecule has 29 heavy (non-hydrogen) atoms. The van der Waals surface area contributed by atoms with Crippen molar-refractivity contribution in [3.63, 3.8) is 0 Å². The van der Waals surface area contributed by atoms with E-state index in [1.165, 1.54) is 10.3 Å². The minimum absolute atomic E-state index is 0.639. The fourth-order valence-corrected chi connectivity index (χ4v) is 5.66. The molecule has 0 saturated heterocycles. The van der Waals surface area contributed by atoms with Crippen LogP contribution in [-0.2, 0) is 12.3 Å². The molecule has 5 nitrogen and oxygen atoms in total. The van der Waals surface area contributed by atoms with Crippen LogP contribution in [0.25, 0.3) is 10.2 Å². The highest BCUT2D eigenvalue weighted by atomic mass is 32.2. The van der Waals surface area contributed by atoms with Gasteiger partial charge >= 0.3 is 0 Å². The Balaban J connectivity index is 1.31. The van der Waals surface area contributed by atoms with E-state index >= 15 is 0 Å². The Morgan fingerprint density at radius 2 is 1.86 bits per heavy atom. The average Bonchev–Trinajstić information content (AvgIpc) is 3.34. The van der Waals surface area contributed by atoms with Gasteiger partial charge in [0.2, 0.25) is 0 Å². The first-order valence-corrected chi connectivity index (χ1v) is 12.2. The van der Waals surface area contributed by atoms with Gasteiger partial charge in [-0.05, 0) is 38.1 Å². The van der Waals surface area contributed by atoms with Crippen LogP contribution >= 0.6 is 34.9 Å². The summed E-state index contributed by atoms with van der Waals surface area (Å²) in [5.41, 5.74) is 2.29. The monoisotopic (exact) mass is 442 g/mol. The number of thiazole rings is 1. The number of nitrogens with zero attached hydrogens (tertiary/aromatic N) is 4. The zero-order chi connectivity index (χ0) is 20.1. The molecule has 0 radical (unpaired) electrons. The molecule has 0 saturated carbocycles. The number of hydrogen-bond acceptors (Lipinski definition) is 7. The SMILES string of the molecule is CCn1c(CSc2nc3ccccc3s2)nnc1SCCOc1ccc(C)cc1. The maximum atomic E-state index is 5.81. The molecule has 4 aromatic rings. The first kappa shape index (κ1) is 20.3. The molecule has 0 amide bonds. The Bertz CT molecular complexity index is 1040. The summed E-state index contributed by atoms with van der Waals surface area (Å²) in [6.07, 6.45) is 0. The number of rotatable bonds is 9. The van der Waals surface area contributed by atoms with Crippen LogP contribution in [0.15, 0.2) is 58.0 Å². The second-order valence-corrected chi connectivity index (χ2v) is 9.70. The highest BCUT2D eigenvalue weighted by Gasteiger charge is 2.13. The molecule has 2 aromatic heterocycles. The molecule has 0 aliphatic carbocycles. The molecule has 150 valence electrons. The number of aryl methyl sites for hydroxylation is 1. The maximum Gasteiger partial charge on any atom is 0.191 e. The Hall–Kier alpha value is -2.03. The van der Waals surface area contributed by atoms with Gasteiger partial charge in [0.1, 0.15) is 11.6 Å². The number of thioether (sulfide) groups is 2. The van der Waals surface area contributed by atoms with Crippen LogP contribution in [0.4, 0.5) is 0 Å². The lowest BCUT2D eigenvalue weighted by Gasteiger charge is -2.08. The number of benzene rings is 2. The van der Waals surface area contributed by atoms with Crippen molar-refractivity contribution in [2.24, 2.45) is 0 Å². The van der Waals surface area contributed by atoms with Crippen molar-refractivity contribution in [3.8, 4) is 5.75 Å². The van der Waals surface area contributed by atoms with Crippen LogP contribution < -0.4 is 4.74 Å². The predicted molar refractivity (Wildman–Crippen MR) is 122 cm³/mol. The number of hydrogen-bond donors (Lipinski definition) is 0. The first-order chi connectivity index (χ1) is 14.2. The van der Waals surface area contributed by atoms with Gasteiger partial charge in [-0.2, -0.15) is 0 Å². The molecular formula is C21H22N4OS3. The van der Waals surface area contributed by atoms with Gasteiger partial charge in [-0.1, -0.05) is 53.4 Å². The van der Waals surface area contributed by atoms with E-state index in [0.717, 1.165) is 44.6 Å². The summed E-state index contributed by atoms with van der Waals surface area (Å²) in [7, 11) is 0. The summed E-state index contributed by atoms with van der Waals surface area (Å²) in [6.45, 7) is 5.69. The van der Waals surface area contributed by atoms with E-state index in [-0.39, 0.29) is 0 Å². The second kappa shape index (κ2) is 9.65. The second-order valence-electron chi connectivity index (χ2n) is 6.39. The molecule has 0 fully saturated rings. The number of aromatic nitrogens is 4. The number of fused-ring (bicyclic) bond motifs is 1. The van der Waals surface area contributed by atoms with E-state index in [4.69, 9.17) is 4.74 Å². The molecule has 0 unspecified atom stereocenters. The summed E-state index contributed by atoms with van der Waals surface area (Å²) < 4.78 is 10.3. The molecule has 0 atom stereocenters. The van der Waals surface area contributed by atoms with Crippen molar-refractivity contribution in [2.45, 2.75) is 35.6 Å². The minimum atomic E-state index is 0.639. The van der Waals surface area contributed by atoms with Gasteiger partial charge in [0.25, 0.3) is 0 Å². The van der Waals surface area contributed by atoms with Gasteiger partial charge in [0, 0.05) is 12.3 Å². The smallest absolute Gasteiger partial charge is 0.191 e. The summed E-state index contributed by atoms with van der Waals surface area (Å²) in [5, 5.41) is 9.74. The Morgan fingerprint density at radius 1 is 1.03 bits per heavy atom. The van der Waals surface area contributed by atoms with Crippen LogP contribution in [0.1, 0.15) is 18.3 Å². The topological polar surface area (TPSA) is 52.8 Å². The van der Waals surface area contributed by atoms with E-state index in [0.29, 0.717) is 6.61 Å². The van der Waals surface area contributed by atoms with Gasteiger partial charge in [-0.25, -0.2) is 4.98 Å². The van der Waals surface area contributed by atoms with E-state index < -0.39 is 0 Å². The Kier molecular flexibility index (Phi) is 6.74. The first-order valence-electron chi connectivity index (χ1n) is 9.45. The van der Waals surface area contributed by atoms with Crippen molar-refractivity contribution in [1.29, 1.82) is 0 Å². The molecule has 0 N–H and O–H groups in total. The lowest BCUT2D eigenvalue weighted by molar-refractivity contribution is 0.343. The van der Waals surface area contributed by atoms with E-state index in [1.807, 2.05) is 18.2 Å². The quantitative estimate of drug-likeness (QED) is 0.246. The van der Waals surface area contributed by atoms with E-state index in [2.05, 4.69) is 63.9 Å². The third-order valence-corrected chi connectivity index (χ3v) is 7.42. The van der Waals surface area contributed by atoms with Gasteiger partial charge < -0.3 is 9.30 Å². The summed E-state index contributed by atoms with van der Waals surface area (Å²) >= 11 is 5.13. The fraction of sp³-hybridized carbons (Fsp3) is 0.286. The van der Waals surface area contributed by atoms with Gasteiger partial charge in [-0.15, -0.1) is 21.5 Å². The highest BCUT2D eigenvalue weighted by Crippen LogP contribution is 2.31. The predicted octanol–water partition coefficient (Wildman–Crippen LogP) is 5.68. The molecule has 2 heterocycles. The van der Waals surface area contributed by atoms with Crippen molar-refractivity contribution >= 4 is 45.1 Å². The lowest BCUT2D eigenvalue weighted by Crippen LogP contribution is -2.04. The normalized spacial score (nSPS) is 11.2. The largest absolute Gasteiger partial charge is 0.493 e. The van der Waals surface area contributed by atoms with Crippen molar-refractivity contribution in [2.75, 3.05) is 12.4 Å². The van der Waals surface area contributed by atoms with Crippen LogP contribution in [0, 0.1) is 6.92 Å². The van der Waals surface area contributed by atoms with Crippen LogP contribution in [0.3, 0.4) is 0 Å². The molecule has 8 heteroatoms. The molecule has 2 aromatic carbocycles. The molecule has 0 bridgehead atoms.